The van der Waals surface area contributed by atoms with Gasteiger partial charge in [0.15, 0.2) is 0 Å². The lowest BCUT2D eigenvalue weighted by Crippen LogP contribution is -2.35. The summed E-state index contributed by atoms with van der Waals surface area (Å²) in [5, 5.41) is 0. The lowest BCUT2D eigenvalue weighted by atomic mass is 10.1. The van der Waals surface area contributed by atoms with Gasteiger partial charge in [-0.05, 0) is 51.5 Å². The second kappa shape index (κ2) is 6.33. The number of benzene rings is 1. The molecule has 0 aromatic heterocycles. The number of likely N-dealkylation sites (tertiary alicyclic amines) is 1. The van der Waals surface area contributed by atoms with Crippen molar-refractivity contribution >= 4 is 6.09 Å². The van der Waals surface area contributed by atoms with Gasteiger partial charge in [0.2, 0.25) is 0 Å². The van der Waals surface area contributed by atoms with E-state index in [9.17, 15) is 9.18 Å². The quantitative estimate of drug-likeness (QED) is 0.857. The molecule has 4 nitrogen and oxygen atoms in total. The van der Waals surface area contributed by atoms with Crippen LogP contribution >= 0.6 is 0 Å². The Kier molecular flexibility index (Phi) is 4.70. The average Bonchev–Trinajstić information content (AvgIpc) is 2.85. The first kappa shape index (κ1) is 15.6. The molecule has 1 aliphatic heterocycles. The van der Waals surface area contributed by atoms with Crippen molar-refractivity contribution in [2.45, 2.75) is 32.8 Å². The van der Waals surface area contributed by atoms with Gasteiger partial charge in [-0.3, -0.25) is 0 Å². The summed E-state index contributed by atoms with van der Waals surface area (Å²) in [7, 11) is 0. The third-order valence-corrected chi connectivity index (χ3v) is 3.24. The van der Waals surface area contributed by atoms with Crippen LogP contribution in [-0.4, -0.2) is 36.3 Å². The van der Waals surface area contributed by atoms with Crippen molar-refractivity contribution in [3.05, 3.63) is 30.1 Å². The fourth-order valence-electron chi connectivity index (χ4n) is 2.21. The first-order chi connectivity index (χ1) is 9.83. The molecule has 21 heavy (non-hydrogen) atoms. The summed E-state index contributed by atoms with van der Waals surface area (Å²) in [6, 6.07) is 5.96. The van der Waals surface area contributed by atoms with Crippen LogP contribution in [0.3, 0.4) is 0 Å². The minimum atomic E-state index is -0.472. The minimum Gasteiger partial charge on any atom is -0.493 e. The molecular formula is C16H22FNO3. The first-order valence-electron chi connectivity index (χ1n) is 7.20. The van der Waals surface area contributed by atoms with Crippen LogP contribution in [-0.2, 0) is 4.74 Å². The maximum absolute atomic E-state index is 12.8. The zero-order chi connectivity index (χ0) is 15.5. The zero-order valence-electron chi connectivity index (χ0n) is 12.8. The van der Waals surface area contributed by atoms with Gasteiger partial charge >= 0.3 is 6.09 Å². The molecule has 1 fully saturated rings. The van der Waals surface area contributed by atoms with Crippen LogP contribution < -0.4 is 4.74 Å². The molecular weight excluding hydrogens is 273 g/mol. The van der Waals surface area contributed by atoms with Crippen molar-refractivity contribution in [3.8, 4) is 5.75 Å². The van der Waals surface area contributed by atoms with Crippen molar-refractivity contribution in [1.29, 1.82) is 0 Å². The molecule has 1 saturated heterocycles. The van der Waals surface area contributed by atoms with Crippen molar-refractivity contribution in [1.82, 2.24) is 4.90 Å². The highest BCUT2D eigenvalue weighted by atomic mass is 19.1. The van der Waals surface area contributed by atoms with Gasteiger partial charge in [0.05, 0.1) is 6.61 Å². The molecule has 1 atom stereocenters. The Hall–Kier alpha value is -1.78. The molecule has 5 heteroatoms. The van der Waals surface area contributed by atoms with E-state index in [2.05, 4.69) is 0 Å². The number of nitrogens with zero attached hydrogens (tertiary/aromatic N) is 1. The Morgan fingerprint density at radius 2 is 2.00 bits per heavy atom. The molecule has 1 heterocycles. The predicted octanol–water partition coefficient (Wildman–Crippen LogP) is 3.46. The third kappa shape index (κ3) is 4.92. The van der Waals surface area contributed by atoms with Crippen LogP contribution in [0.2, 0.25) is 0 Å². The SMILES string of the molecule is CC(C)(C)OC(=O)N1CCC(COc2ccc(F)cc2)C1. The second-order valence-electron chi connectivity index (χ2n) is 6.35. The molecule has 1 aromatic carbocycles. The molecule has 0 saturated carbocycles. The van der Waals surface area contributed by atoms with E-state index >= 15 is 0 Å². The van der Waals surface area contributed by atoms with E-state index in [-0.39, 0.29) is 17.8 Å². The average molecular weight is 295 g/mol. The molecule has 1 aromatic rings. The van der Waals surface area contributed by atoms with Gasteiger partial charge in [0.25, 0.3) is 0 Å². The lowest BCUT2D eigenvalue weighted by molar-refractivity contribution is 0.0285. The van der Waals surface area contributed by atoms with Gasteiger partial charge in [-0.15, -0.1) is 0 Å². The molecule has 1 amide bonds. The summed E-state index contributed by atoms with van der Waals surface area (Å²) >= 11 is 0. The van der Waals surface area contributed by atoms with Gasteiger partial charge in [0, 0.05) is 19.0 Å². The Balaban J connectivity index is 1.77. The Bertz CT molecular complexity index is 481. The molecule has 2 rings (SSSR count). The molecule has 1 aliphatic rings. The lowest BCUT2D eigenvalue weighted by Gasteiger charge is -2.24. The number of carbonyl (C=O) groups is 1. The Labute approximate surface area is 124 Å². The molecule has 1 unspecified atom stereocenters. The summed E-state index contributed by atoms with van der Waals surface area (Å²) in [5.74, 6) is 0.647. The van der Waals surface area contributed by atoms with Gasteiger partial charge < -0.3 is 14.4 Å². The zero-order valence-corrected chi connectivity index (χ0v) is 12.8. The van der Waals surface area contributed by atoms with Crippen LogP contribution in [0.5, 0.6) is 5.75 Å². The van der Waals surface area contributed by atoms with Crippen molar-refractivity contribution < 1.29 is 18.7 Å². The number of ether oxygens (including phenoxy) is 2. The number of amides is 1. The maximum Gasteiger partial charge on any atom is 0.410 e. The monoisotopic (exact) mass is 295 g/mol. The van der Waals surface area contributed by atoms with Crippen LogP contribution in [0.15, 0.2) is 24.3 Å². The van der Waals surface area contributed by atoms with E-state index in [1.54, 1.807) is 17.0 Å². The van der Waals surface area contributed by atoms with Gasteiger partial charge in [-0.1, -0.05) is 0 Å². The molecule has 0 N–H and O–H groups in total. The highest BCUT2D eigenvalue weighted by molar-refractivity contribution is 5.68. The van der Waals surface area contributed by atoms with Gasteiger partial charge in [-0.25, -0.2) is 9.18 Å². The van der Waals surface area contributed by atoms with Crippen molar-refractivity contribution in [2.75, 3.05) is 19.7 Å². The van der Waals surface area contributed by atoms with E-state index < -0.39 is 5.60 Å². The fourth-order valence-corrected chi connectivity index (χ4v) is 2.21. The molecule has 0 spiro atoms. The number of hydrogen-bond donors (Lipinski definition) is 0. The fraction of sp³-hybridized carbons (Fsp3) is 0.562. The number of carbonyl (C=O) groups excluding carboxylic acids is 1. The van der Waals surface area contributed by atoms with E-state index in [1.165, 1.54) is 12.1 Å². The topological polar surface area (TPSA) is 38.8 Å². The van der Waals surface area contributed by atoms with E-state index in [0.717, 1.165) is 6.42 Å². The standard InChI is InChI=1S/C16H22FNO3/c1-16(2,3)21-15(19)18-9-8-12(10-18)11-20-14-6-4-13(17)5-7-14/h4-7,12H,8-11H2,1-3H3. The first-order valence-corrected chi connectivity index (χ1v) is 7.20. The van der Waals surface area contributed by atoms with E-state index in [1.807, 2.05) is 20.8 Å². The summed E-state index contributed by atoms with van der Waals surface area (Å²) < 4.78 is 23.8. The summed E-state index contributed by atoms with van der Waals surface area (Å²) in [6.07, 6.45) is 0.618. The number of halogens is 1. The maximum atomic E-state index is 12.8. The summed E-state index contributed by atoms with van der Waals surface area (Å²) in [4.78, 5) is 13.7. The van der Waals surface area contributed by atoms with Crippen LogP contribution in [0, 0.1) is 11.7 Å². The highest BCUT2D eigenvalue weighted by Gasteiger charge is 2.30. The van der Waals surface area contributed by atoms with Crippen molar-refractivity contribution in [2.24, 2.45) is 5.92 Å². The largest absolute Gasteiger partial charge is 0.493 e. The van der Waals surface area contributed by atoms with Gasteiger partial charge in [-0.2, -0.15) is 0 Å². The number of hydrogen-bond acceptors (Lipinski definition) is 3. The highest BCUT2D eigenvalue weighted by Crippen LogP contribution is 2.21. The van der Waals surface area contributed by atoms with Crippen LogP contribution in [0.25, 0.3) is 0 Å². The van der Waals surface area contributed by atoms with Crippen LogP contribution in [0.1, 0.15) is 27.2 Å². The molecule has 0 bridgehead atoms. The Morgan fingerprint density at radius 3 is 2.62 bits per heavy atom. The third-order valence-electron chi connectivity index (χ3n) is 3.24. The Morgan fingerprint density at radius 1 is 1.33 bits per heavy atom. The van der Waals surface area contributed by atoms with Crippen molar-refractivity contribution in [3.63, 3.8) is 0 Å². The second-order valence-corrected chi connectivity index (χ2v) is 6.35. The summed E-state index contributed by atoms with van der Waals surface area (Å²) in [6.45, 7) is 7.41. The van der Waals surface area contributed by atoms with Crippen LogP contribution in [0.4, 0.5) is 9.18 Å². The molecule has 0 aliphatic carbocycles. The van der Waals surface area contributed by atoms with E-state index in [4.69, 9.17) is 9.47 Å². The normalized spacial score (nSPS) is 18.7. The molecule has 116 valence electrons. The number of rotatable bonds is 3. The summed E-state index contributed by atoms with van der Waals surface area (Å²) in [5.41, 5.74) is -0.472. The minimum absolute atomic E-state index is 0.271. The molecule has 0 radical (unpaired) electrons. The van der Waals surface area contributed by atoms with E-state index in [0.29, 0.717) is 25.4 Å². The van der Waals surface area contributed by atoms with Gasteiger partial charge in [0.1, 0.15) is 17.2 Å². The smallest absolute Gasteiger partial charge is 0.410 e. The predicted molar refractivity (Wildman–Crippen MR) is 77.8 cm³/mol.